The quantitative estimate of drug-likeness (QED) is 0.728. The fourth-order valence-corrected chi connectivity index (χ4v) is 2.04. The number of fused-ring (bicyclic) bond motifs is 1. The topological polar surface area (TPSA) is 72.4 Å². The Bertz CT molecular complexity index is 524. The molecule has 0 spiro atoms. The van der Waals surface area contributed by atoms with Crippen molar-refractivity contribution < 1.29 is 10.2 Å². The summed E-state index contributed by atoms with van der Waals surface area (Å²) in [7, 11) is 1.89. The number of para-hydroxylation sites is 1. The van der Waals surface area contributed by atoms with E-state index in [0.29, 0.717) is 13.1 Å². The molecule has 3 N–H and O–H groups in total. The van der Waals surface area contributed by atoms with E-state index >= 15 is 0 Å². The number of aromatic nitrogens is 2. The van der Waals surface area contributed by atoms with Gasteiger partial charge in [0.25, 0.3) is 0 Å². The van der Waals surface area contributed by atoms with Crippen molar-refractivity contribution in [3.8, 4) is 0 Å². The van der Waals surface area contributed by atoms with Gasteiger partial charge in [-0.3, -0.25) is 4.90 Å². The molecule has 0 aliphatic rings. The summed E-state index contributed by atoms with van der Waals surface area (Å²) in [6.45, 7) is 2.85. The van der Waals surface area contributed by atoms with E-state index in [4.69, 9.17) is 5.11 Å². The van der Waals surface area contributed by atoms with E-state index in [1.54, 1.807) is 0 Å². The van der Waals surface area contributed by atoms with Gasteiger partial charge in [0.15, 0.2) is 0 Å². The molecule has 0 amide bonds. The first-order valence-electron chi connectivity index (χ1n) is 6.02. The number of nitrogens with one attached hydrogen (secondary N) is 1. The van der Waals surface area contributed by atoms with Gasteiger partial charge in [0, 0.05) is 6.54 Å². The number of aliphatic hydroxyl groups is 2. The smallest absolute Gasteiger partial charge is 0.121 e. The number of aromatic amines is 1. The van der Waals surface area contributed by atoms with Gasteiger partial charge in [0.2, 0.25) is 0 Å². The van der Waals surface area contributed by atoms with Crippen LogP contribution < -0.4 is 0 Å². The molecule has 2 aromatic rings. The van der Waals surface area contributed by atoms with Crippen LogP contribution in [0.3, 0.4) is 0 Å². The number of aliphatic hydroxyl groups excluding tert-OH is 2. The third-order valence-electron chi connectivity index (χ3n) is 2.92. The van der Waals surface area contributed by atoms with E-state index < -0.39 is 6.10 Å². The van der Waals surface area contributed by atoms with E-state index in [0.717, 1.165) is 22.4 Å². The maximum atomic E-state index is 9.37. The summed E-state index contributed by atoms with van der Waals surface area (Å²) in [5.41, 5.74) is 3.16. The van der Waals surface area contributed by atoms with Crippen molar-refractivity contribution in [3.63, 3.8) is 0 Å². The second-order valence-corrected chi connectivity index (χ2v) is 4.69. The van der Waals surface area contributed by atoms with E-state index in [1.807, 2.05) is 37.1 Å². The normalized spacial score (nSPS) is 13.4. The van der Waals surface area contributed by atoms with Crippen LogP contribution in [0.1, 0.15) is 11.4 Å². The molecule has 0 fully saturated rings. The van der Waals surface area contributed by atoms with E-state index in [-0.39, 0.29) is 6.61 Å². The van der Waals surface area contributed by atoms with Gasteiger partial charge in [-0.15, -0.1) is 0 Å². The minimum Gasteiger partial charge on any atom is -0.394 e. The summed E-state index contributed by atoms with van der Waals surface area (Å²) in [5, 5.41) is 18.2. The summed E-state index contributed by atoms with van der Waals surface area (Å²) >= 11 is 0. The lowest BCUT2D eigenvalue weighted by atomic mass is 10.2. The lowest BCUT2D eigenvalue weighted by Crippen LogP contribution is -2.31. The fraction of sp³-hybridized carbons (Fsp3) is 0.462. The minimum absolute atomic E-state index is 0.219. The van der Waals surface area contributed by atoms with Crippen molar-refractivity contribution in [2.24, 2.45) is 0 Å². The van der Waals surface area contributed by atoms with Crippen LogP contribution in [0.2, 0.25) is 0 Å². The number of imidazole rings is 1. The Labute approximate surface area is 106 Å². The van der Waals surface area contributed by atoms with Gasteiger partial charge >= 0.3 is 0 Å². The third kappa shape index (κ3) is 2.87. The van der Waals surface area contributed by atoms with Gasteiger partial charge in [-0.2, -0.15) is 0 Å². The number of H-pyrrole nitrogens is 1. The molecule has 0 unspecified atom stereocenters. The van der Waals surface area contributed by atoms with Gasteiger partial charge < -0.3 is 15.2 Å². The summed E-state index contributed by atoms with van der Waals surface area (Å²) in [5.74, 6) is 0.868. The average Bonchev–Trinajstić information content (AvgIpc) is 2.72. The van der Waals surface area contributed by atoms with E-state index in [9.17, 15) is 5.11 Å². The Morgan fingerprint density at radius 3 is 2.89 bits per heavy atom. The molecular weight excluding hydrogens is 230 g/mol. The van der Waals surface area contributed by atoms with Crippen LogP contribution in [-0.2, 0) is 6.54 Å². The van der Waals surface area contributed by atoms with Crippen molar-refractivity contribution in [1.82, 2.24) is 14.9 Å². The molecule has 1 aromatic heterocycles. The Balaban J connectivity index is 2.10. The summed E-state index contributed by atoms with van der Waals surface area (Å²) in [4.78, 5) is 9.73. The molecule has 1 heterocycles. The highest BCUT2D eigenvalue weighted by molar-refractivity contribution is 5.78. The number of aryl methyl sites for hydroxylation is 1. The molecule has 1 aromatic carbocycles. The average molecular weight is 249 g/mol. The molecule has 18 heavy (non-hydrogen) atoms. The summed E-state index contributed by atoms with van der Waals surface area (Å²) < 4.78 is 0. The van der Waals surface area contributed by atoms with Crippen molar-refractivity contribution in [1.29, 1.82) is 0 Å². The minimum atomic E-state index is -0.707. The predicted octanol–water partition coefficient (Wildman–Crippen LogP) is 0.656. The number of rotatable bonds is 5. The van der Waals surface area contributed by atoms with Gasteiger partial charge in [-0.1, -0.05) is 12.1 Å². The lowest BCUT2D eigenvalue weighted by Gasteiger charge is -2.17. The lowest BCUT2D eigenvalue weighted by molar-refractivity contribution is 0.0642. The second kappa shape index (κ2) is 5.48. The Morgan fingerprint density at radius 2 is 2.22 bits per heavy atom. The molecule has 0 bridgehead atoms. The van der Waals surface area contributed by atoms with Crippen LogP contribution in [0.4, 0.5) is 0 Å². The van der Waals surface area contributed by atoms with Crippen LogP contribution in [0.15, 0.2) is 18.2 Å². The highest BCUT2D eigenvalue weighted by atomic mass is 16.3. The van der Waals surface area contributed by atoms with Crippen LogP contribution >= 0.6 is 0 Å². The molecular formula is C13H19N3O2. The highest BCUT2D eigenvalue weighted by Crippen LogP contribution is 2.16. The number of hydrogen-bond acceptors (Lipinski definition) is 4. The first kappa shape index (κ1) is 13.0. The summed E-state index contributed by atoms with van der Waals surface area (Å²) in [6.07, 6.45) is -0.707. The first-order valence-corrected chi connectivity index (χ1v) is 6.02. The first-order chi connectivity index (χ1) is 8.60. The predicted molar refractivity (Wildman–Crippen MR) is 70.3 cm³/mol. The zero-order valence-electron chi connectivity index (χ0n) is 10.7. The number of hydrogen-bond donors (Lipinski definition) is 3. The molecule has 1 atom stereocenters. The zero-order valence-corrected chi connectivity index (χ0v) is 10.7. The zero-order chi connectivity index (χ0) is 13.1. The molecule has 0 radical (unpaired) electrons. The van der Waals surface area contributed by atoms with Crippen molar-refractivity contribution in [2.75, 3.05) is 20.2 Å². The maximum absolute atomic E-state index is 9.37. The SMILES string of the molecule is Cc1cccc2[nH]c(CN(C)C[C@H](O)CO)nc12. The van der Waals surface area contributed by atoms with Gasteiger partial charge in [-0.25, -0.2) is 4.98 Å². The highest BCUT2D eigenvalue weighted by Gasteiger charge is 2.10. The standard InChI is InChI=1S/C13H19N3O2/c1-9-4-3-5-11-13(9)15-12(14-11)7-16(2)6-10(18)8-17/h3-5,10,17-18H,6-8H2,1-2H3,(H,14,15)/t10-/m0/s1. The van der Waals surface area contributed by atoms with Gasteiger partial charge in [-0.05, 0) is 25.6 Å². The molecule has 0 saturated carbocycles. The van der Waals surface area contributed by atoms with Crippen LogP contribution in [0.5, 0.6) is 0 Å². The number of benzene rings is 1. The Morgan fingerprint density at radius 1 is 1.44 bits per heavy atom. The van der Waals surface area contributed by atoms with Crippen molar-refractivity contribution >= 4 is 11.0 Å². The van der Waals surface area contributed by atoms with Gasteiger partial charge in [0.05, 0.1) is 30.3 Å². The molecule has 0 aliphatic carbocycles. The van der Waals surface area contributed by atoms with E-state index in [1.165, 1.54) is 0 Å². The fourth-order valence-electron chi connectivity index (χ4n) is 2.04. The monoisotopic (exact) mass is 249 g/mol. The third-order valence-corrected chi connectivity index (χ3v) is 2.92. The van der Waals surface area contributed by atoms with E-state index in [2.05, 4.69) is 9.97 Å². The molecule has 0 aliphatic heterocycles. The van der Waals surface area contributed by atoms with Crippen LogP contribution in [-0.4, -0.2) is 51.4 Å². The summed E-state index contributed by atoms with van der Waals surface area (Å²) in [6, 6.07) is 6.03. The van der Waals surface area contributed by atoms with Gasteiger partial charge in [0.1, 0.15) is 5.82 Å². The number of nitrogens with zero attached hydrogens (tertiary/aromatic N) is 2. The second-order valence-electron chi connectivity index (χ2n) is 4.69. The van der Waals surface area contributed by atoms with Crippen LogP contribution in [0.25, 0.3) is 11.0 Å². The molecule has 0 saturated heterocycles. The molecule has 98 valence electrons. The Hall–Kier alpha value is -1.43. The maximum Gasteiger partial charge on any atom is 0.121 e. The van der Waals surface area contributed by atoms with Crippen LogP contribution in [0, 0.1) is 6.92 Å². The molecule has 5 nitrogen and oxygen atoms in total. The largest absolute Gasteiger partial charge is 0.394 e. The molecule has 2 rings (SSSR count). The number of likely N-dealkylation sites (N-methyl/N-ethyl adjacent to an activating group) is 1. The Kier molecular flexibility index (Phi) is 3.96. The molecule has 5 heteroatoms. The van der Waals surface area contributed by atoms with Crippen molar-refractivity contribution in [3.05, 3.63) is 29.6 Å². The van der Waals surface area contributed by atoms with Crippen molar-refractivity contribution in [2.45, 2.75) is 19.6 Å².